The van der Waals surface area contributed by atoms with Gasteiger partial charge in [0.05, 0.1) is 12.0 Å². The number of nitrogens with one attached hydrogen (secondary N) is 1. The fraction of sp³-hybridized carbons (Fsp3) is 0.846. The molecule has 0 atom stereocenters. The molecule has 2 N–H and O–H groups in total. The van der Waals surface area contributed by atoms with Crippen LogP contribution in [0.3, 0.4) is 0 Å². The van der Waals surface area contributed by atoms with E-state index in [0.29, 0.717) is 5.92 Å². The molecule has 0 aromatic heterocycles. The number of likely N-dealkylation sites (tertiary alicyclic amines) is 1. The Balaban J connectivity index is 1.87. The Hall–Kier alpha value is -1.26. The number of piperidine rings is 1. The molecule has 1 aliphatic carbocycles. The van der Waals surface area contributed by atoms with E-state index in [1.807, 2.05) is 4.90 Å². The maximum absolute atomic E-state index is 12.1. The van der Waals surface area contributed by atoms with Crippen molar-refractivity contribution in [2.45, 2.75) is 51.0 Å². The standard InChI is InChI=1S/C13H22N2O3/c1-10-3-7-15(8-4-10)12(18)14-13(5-2-6-13)9-11(16)17/h10H,2-9H2,1H3,(H,14,18)(H,16,17). The Morgan fingerprint density at radius 3 is 2.39 bits per heavy atom. The quantitative estimate of drug-likeness (QED) is 0.807. The molecule has 2 fully saturated rings. The normalized spacial score (nSPS) is 23.3. The number of rotatable bonds is 3. The minimum absolute atomic E-state index is 0.0446. The predicted molar refractivity (Wildman–Crippen MR) is 67.3 cm³/mol. The molecule has 102 valence electrons. The van der Waals surface area contributed by atoms with E-state index < -0.39 is 11.5 Å². The number of amides is 2. The molecule has 5 heteroatoms. The highest BCUT2D eigenvalue weighted by Gasteiger charge is 2.41. The van der Waals surface area contributed by atoms with Crippen LogP contribution in [0.5, 0.6) is 0 Å². The van der Waals surface area contributed by atoms with Gasteiger partial charge in [0.15, 0.2) is 0 Å². The lowest BCUT2D eigenvalue weighted by Crippen LogP contribution is -2.58. The minimum atomic E-state index is -0.831. The summed E-state index contributed by atoms with van der Waals surface area (Å²) in [5.74, 6) is -0.145. The summed E-state index contributed by atoms with van der Waals surface area (Å²) in [5, 5.41) is 11.9. The smallest absolute Gasteiger partial charge is 0.317 e. The molecule has 0 bridgehead atoms. The van der Waals surface area contributed by atoms with Crippen LogP contribution in [0, 0.1) is 5.92 Å². The first kappa shape index (κ1) is 13.2. The summed E-state index contributed by atoms with van der Waals surface area (Å²) in [6.07, 6.45) is 4.71. The van der Waals surface area contributed by atoms with Gasteiger partial charge in [-0.2, -0.15) is 0 Å². The molecule has 1 aliphatic heterocycles. The molecule has 2 rings (SSSR count). The molecular formula is C13H22N2O3. The van der Waals surface area contributed by atoms with Gasteiger partial charge in [0.2, 0.25) is 0 Å². The number of carboxylic acid groups (broad SMARTS) is 1. The maximum Gasteiger partial charge on any atom is 0.317 e. The van der Waals surface area contributed by atoms with Crippen LogP contribution in [-0.4, -0.2) is 40.6 Å². The zero-order chi connectivity index (χ0) is 13.2. The van der Waals surface area contributed by atoms with Crippen LogP contribution in [0.25, 0.3) is 0 Å². The molecule has 2 aliphatic rings. The van der Waals surface area contributed by atoms with Crippen LogP contribution in [-0.2, 0) is 4.79 Å². The van der Waals surface area contributed by atoms with Crippen molar-refractivity contribution in [3.8, 4) is 0 Å². The molecule has 1 heterocycles. The zero-order valence-electron chi connectivity index (χ0n) is 10.9. The highest BCUT2D eigenvalue weighted by Crippen LogP contribution is 2.35. The van der Waals surface area contributed by atoms with E-state index in [2.05, 4.69) is 12.2 Å². The first-order valence-electron chi connectivity index (χ1n) is 6.80. The van der Waals surface area contributed by atoms with Gasteiger partial charge in [-0.25, -0.2) is 4.79 Å². The fourth-order valence-electron chi connectivity index (χ4n) is 2.76. The Morgan fingerprint density at radius 1 is 1.33 bits per heavy atom. The number of nitrogens with zero attached hydrogens (tertiary/aromatic N) is 1. The topological polar surface area (TPSA) is 69.6 Å². The van der Waals surface area contributed by atoms with E-state index >= 15 is 0 Å². The van der Waals surface area contributed by atoms with Crippen LogP contribution in [0.1, 0.15) is 45.4 Å². The molecule has 0 unspecified atom stereocenters. The van der Waals surface area contributed by atoms with Gasteiger partial charge in [-0.05, 0) is 38.0 Å². The van der Waals surface area contributed by atoms with Gasteiger partial charge >= 0.3 is 12.0 Å². The van der Waals surface area contributed by atoms with E-state index in [9.17, 15) is 9.59 Å². The van der Waals surface area contributed by atoms with Crippen LogP contribution in [0.15, 0.2) is 0 Å². The SMILES string of the molecule is CC1CCN(C(=O)NC2(CC(=O)O)CCC2)CC1. The first-order valence-corrected chi connectivity index (χ1v) is 6.80. The lowest BCUT2D eigenvalue weighted by Gasteiger charge is -2.43. The van der Waals surface area contributed by atoms with Gasteiger partial charge < -0.3 is 15.3 Å². The molecule has 5 nitrogen and oxygen atoms in total. The number of aliphatic carboxylic acids is 1. The molecule has 0 aromatic rings. The molecule has 1 saturated carbocycles. The number of carbonyl (C=O) groups is 2. The Labute approximate surface area is 108 Å². The second kappa shape index (κ2) is 5.16. The molecule has 0 radical (unpaired) electrons. The fourth-order valence-corrected chi connectivity index (χ4v) is 2.76. The molecule has 0 spiro atoms. The second-order valence-electron chi connectivity index (χ2n) is 5.80. The highest BCUT2D eigenvalue weighted by atomic mass is 16.4. The predicted octanol–water partition coefficient (Wildman–Crippen LogP) is 1.83. The van der Waals surface area contributed by atoms with Gasteiger partial charge in [-0.15, -0.1) is 0 Å². The summed E-state index contributed by atoms with van der Waals surface area (Å²) >= 11 is 0. The van der Waals surface area contributed by atoms with Gasteiger partial charge in [-0.3, -0.25) is 4.79 Å². The van der Waals surface area contributed by atoms with Gasteiger partial charge in [0.25, 0.3) is 0 Å². The van der Waals surface area contributed by atoms with E-state index in [1.165, 1.54) is 0 Å². The van der Waals surface area contributed by atoms with Gasteiger partial charge in [-0.1, -0.05) is 6.92 Å². The van der Waals surface area contributed by atoms with Gasteiger partial charge in [0, 0.05) is 13.1 Å². The summed E-state index contributed by atoms with van der Waals surface area (Å²) in [6.45, 7) is 3.78. The monoisotopic (exact) mass is 254 g/mol. The van der Waals surface area contributed by atoms with Crippen molar-refractivity contribution in [1.29, 1.82) is 0 Å². The third kappa shape index (κ3) is 2.94. The van der Waals surface area contributed by atoms with Gasteiger partial charge in [0.1, 0.15) is 0 Å². The summed E-state index contributed by atoms with van der Waals surface area (Å²) < 4.78 is 0. The van der Waals surface area contributed by atoms with Crippen LogP contribution >= 0.6 is 0 Å². The summed E-state index contributed by atoms with van der Waals surface area (Å²) in [5.41, 5.74) is -0.480. The van der Waals surface area contributed by atoms with Crippen molar-refractivity contribution in [3.63, 3.8) is 0 Å². The highest BCUT2D eigenvalue weighted by molar-refractivity contribution is 5.77. The first-order chi connectivity index (χ1) is 8.51. The average Bonchev–Trinajstić information content (AvgIpc) is 2.26. The lowest BCUT2D eigenvalue weighted by atomic mass is 9.74. The summed E-state index contributed by atoms with van der Waals surface area (Å²) in [6, 6.07) is -0.0807. The van der Waals surface area contributed by atoms with E-state index in [4.69, 9.17) is 5.11 Å². The molecular weight excluding hydrogens is 232 g/mol. The third-order valence-electron chi connectivity index (χ3n) is 4.24. The average molecular weight is 254 g/mol. The van der Waals surface area contributed by atoms with Crippen LogP contribution in [0.4, 0.5) is 4.79 Å². The minimum Gasteiger partial charge on any atom is -0.481 e. The van der Waals surface area contributed by atoms with Crippen LogP contribution < -0.4 is 5.32 Å². The van der Waals surface area contributed by atoms with Crippen molar-refractivity contribution < 1.29 is 14.7 Å². The Bertz CT molecular complexity index is 331. The number of carbonyl (C=O) groups excluding carboxylic acids is 1. The molecule has 0 aromatic carbocycles. The largest absolute Gasteiger partial charge is 0.481 e. The van der Waals surface area contributed by atoms with Crippen molar-refractivity contribution in [1.82, 2.24) is 10.2 Å². The zero-order valence-corrected chi connectivity index (χ0v) is 10.9. The maximum atomic E-state index is 12.1. The second-order valence-corrected chi connectivity index (χ2v) is 5.80. The molecule has 2 amide bonds. The summed E-state index contributed by atoms with van der Waals surface area (Å²) in [7, 11) is 0. The molecule has 18 heavy (non-hydrogen) atoms. The van der Waals surface area contributed by atoms with Crippen molar-refractivity contribution in [2.24, 2.45) is 5.92 Å². The Kier molecular flexibility index (Phi) is 3.78. The number of carboxylic acids is 1. The molecule has 1 saturated heterocycles. The Morgan fingerprint density at radius 2 is 1.94 bits per heavy atom. The number of hydrogen-bond acceptors (Lipinski definition) is 2. The van der Waals surface area contributed by atoms with E-state index in [-0.39, 0.29) is 12.5 Å². The lowest BCUT2D eigenvalue weighted by molar-refractivity contribution is -0.139. The van der Waals surface area contributed by atoms with E-state index in [0.717, 1.165) is 45.2 Å². The number of hydrogen-bond donors (Lipinski definition) is 2. The van der Waals surface area contributed by atoms with Crippen molar-refractivity contribution >= 4 is 12.0 Å². The third-order valence-corrected chi connectivity index (χ3v) is 4.24. The van der Waals surface area contributed by atoms with Crippen LogP contribution in [0.2, 0.25) is 0 Å². The van der Waals surface area contributed by atoms with Crippen molar-refractivity contribution in [2.75, 3.05) is 13.1 Å². The number of urea groups is 1. The summed E-state index contributed by atoms with van der Waals surface area (Å²) in [4.78, 5) is 24.8. The van der Waals surface area contributed by atoms with Crippen molar-refractivity contribution in [3.05, 3.63) is 0 Å². The van der Waals surface area contributed by atoms with E-state index in [1.54, 1.807) is 0 Å².